The number of hydrogen-bond acceptors (Lipinski definition) is 3. The first-order valence-electron chi connectivity index (χ1n) is 6.53. The van der Waals surface area contributed by atoms with Crippen LogP contribution in [0.3, 0.4) is 0 Å². The molecule has 0 unspecified atom stereocenters. The number of carbonyl (C=O) groups is 1. The van der Waals surface area contributed by atoms with Gasteiger partial charge in [0.2, 0.25) is 0 Å². The second-order valence-electron chi connectivity index (χ2n) is 5.59. The van der Waals surface area contributed by atoms with Crippen LogP contribution in [0.15, 0.2) is 18.3 Å². The number of carboxylic acid groups (broad SMARTS) is 1. The topological polar surface area (TPSA) is 53.4 Å². The minimum absolute atomic E-state index is 0.309. The van der Waals surface area contributed by atoms with E-state index in [1.165, 1.54) is 0 Å². The zero-order valence-electron chi connectivity index (χ0n) is 10.6. The Morgan fingerprint density at radius 1 is 1.61 bits per heavy atom. The smallest absolute Gasteiger partial charge is 0.311 e. The molecule has 1 N–H and O–H groups in total. The van der Waals surface area contributed by atoms with Crippen molar-refractivity contribution < 1.29 is 9.90 Å². The van der Waals surface area contributed by atoms with E-state index in [2.05, 4.69) is 9.88 Å². The number of rotatable bonds is 2. The van der Waals surface area contributed by atoms with Crippen molar-refractivity contribution in [1.82, 2.24) is 4.98 Å². The lowest BCUT2D eigenvalue weighted by atomic mass is 9.81. The molecule has 4 heteroatoms. The molecular formula is C14H18N2O2. The van der Waals surface area contributed by atoms with E-state index in [1.54, 1.807) is 6.20 Å². The van der Waals surface area contributed by atoms with Crippen LogP contribution in [0.5, 0.6) is 0 Å². The monoisotopic (exact) mass is 246 g/mol. The first-order chi connectivity index (χ1) is 8.62. The maximum Gasteiger partial charge on any atom is 0.311 e. The van der Waals surface area contributed by atoms with Crippen molar-refractivity contribution in [2.75, 3.05) is 18.0 Å². The Morgan fingerprint density at radius 2 is 2.44 bits per heavy atom. The van der Waals surface area contributed by atoms with Crippen LogP contribution in [-0.2, 0) is 4.79 Å². The summed E-state index contributed by atoms with van der Waals surface area (Å²) in [6.45, 7) is 3.49. The van der Waals surface area contributed by atoms with Gasteiger partial charge in [-0.25, -0.2) is 0 Å². The molecule has 1 aromatic heterocycles. The fourth-order valence-corrected chi connectivity index (χ4v) is 3.56. The SMILES string of the molecule is Cc1cc(N2C[C@@H]3CCC[C@@]3(C(=O)O)C2)ccn1. The molecule has 0 aromatic carbocycles. The minimum atomic E-state index is -0.613. The van der Waals surface area contributed by atoms with Crippen molar-refractivity contribution in [3.8, 4) is 0 Å². The van der Waals surface area contributed by atoms with Crippen molar-refractivity contribution in [2.45, 2.75) is 26.2 Å². The number of aryl methyl sites for hydroxylation is 1. The lowest BCUT2D eigenvalue weighted by Crippen LogP contribution is -2.35. The molecule has 3 rings (SSSR count). The van der Waals surface area contributed by atoms with Crippen LogP contribution < -0.4 is 4.90 Å². The third-order valence-electron chi connectivity index (χ3n) is 4.54. The van der Waals surface area contributed by atoms with Gasteiger partial charge < -0.3 is 10.0 Å². The summed E-state index contributed by atoms with van der Waals surface area (Å²) in [6, 6.07) is 4.01. The summed E-state index contributed by atoms with van der Waals surface area (Å²) >= 11 is 0. The number of anilines is 1. The van der Waals surface area contributed by atoms with Gasteiger partial charge in [0.05, 0.1) is 5.41 Å². The van der Waals surface area contributed by atoms with Gasteiger partial charge in [-0.2, -0.15) is 0 Å². The standard InChI is InChI=1S/C14H18N2O2/c1-10-7-12(4-6-15-10)16-8-11-3-2-5-14(11,9-16)13(17)18/h4,6-7,11H,2-3,5,8-9H2,1H3,(H,17,18)/t11-,14+/m0/s1. The lowest BCUT2D eigenvalue weighted by molar-refractivity contribution is -0.149. The van der Waals surface area contributed by atoms with Gasteiger partial charge in [0, 0.05) is 30.7 Å². The second-order valence-corrected chi connectivity index (χ2v) is 5.59. The minimum Gasteiger partial charge on any atom is -0.481 e. The van der Waals surface area contributed by atoms with Gasteiger partial charge in [-0.05, 0) is 37.8 Å². The molecule has 96 valence electrons. The van der Waals surface area contributed by atoms with Gasteiger partial charge >= 0.3 is 5.97 Å². The molecule has 2 aliphatic rings. The molecule has 18 heavy (non-hydrogen) atoms. The highest BCUT2D eigenvalue weighted by atomic mass is 16.4. The van der Waals surface area contributed by atoms with Crippen molar-refractivity contribution in [1.29, 1.82) is 0 Å². The first kappa shape index (κ1) is 11.5. The zero-order chi connectivity index (χ0) is 12.8. The maximum atomic E-state index is 11.6. The highest BCUT2D eigenvalue weighted by Crippen LogP contribution is 2.49. The summed E-state index contributed by atoms with van der Waals surface area (Å²) in [7, 11) is 0. The third-order valence-corrected chi connectivity index (χ3v) is 4.54. The predicted octanol–water partition coefficient (Wildman–Crippen LogP) is 2.08. The summed E-state index contributed by atoms with van der Waals surface area (Å²) in [5, 5.41) is 9.55. The fraction of sp³-hybridized carbons (Fsp3) is 0.571. The van der Waals surface area contributed by atoms with Crippen molar-refractivity contribution in [3.63, 3.8) is 0 Å². The summed E-state index contributed by atoms with van der Waals surface area (Å²) < 4.78 is 0. The first-order valence-corrected chi connectivity index (χ1v) is 6.53. The van der Waals surface area contributed by atoms with E-state index in [-0.39, 0.29) is 0 Å². The van der Waals surface area contributed by atoms with E-state index in [9.17, 15) is 9.90 Å². The molecule has 2 heterocycles. The maximum absolute atomic E-state index is 11.6. The molecule has 1 aliphatic heterocycles. The van der Waals surface area contributed by atoms with Crippen molar-refractivity contribution in [2.24, 2.45) is 11.3 Å². The quantitative estimate of drug-likeness (QED) is 0.868. The predicted molar refractivity (Wildman–Crippen MR) is 68.6 cm³/mol. The van der Waals surface area contributed by atoms with E-state index in [4.69, 9.17) is 0 Å². The Labute approximate surface area is 107 Å². The number of aliphatic carboxylic acids is 1. The Morgan fingerprint density at radius 3 is 3.11 bits per heavy atom. The Kier molecular flexibility index (Phi) is 2.54. The lowest BCUT2D eigenvalue weighted by Gasteiger charge is -2.24. The van der Waals surface area contributed by atoms with Gasteiger partial charge in [-0.1, -0.05) is 6.42 Å². The van der Waals surface area contributed by atoms with E-state index in [0.717, 1.165) is 37.2 Å². The summed E-state index contributed by atoms with van der Waals surface area (Å²) in [5.41, 5.74) is 1.59. The molecule has 0 bridgehead atoms. The second kappa shape index (κ2) is 3.97. The van der Waals surface area contributed by atoms with Crippen LogP contribution in [0, 0.1) is 18.3 Å². The fourth-order valence-electron chi connectivity index (χ4n) is 3.56. The van der Waals surface area contributed by atoms with Gasteiger partial charge in [-0.3, -0.25) is 9.78 Å². The Balaban J connectivity index is 1.89. The average Bonchev–Trinajstić information content (AvgIpc) is 2.85. The zero-order valence-corrected chi connectivity index (χ0v) is 10.6. The molecule has 0 radical (unpaired) electrons. The van der Waals surface area contributed by atoms with E-state index in [1.807, 2.05) is 19.1 Å². The van der Waals surface area contributed by atoms with E-state index < -0.39 is 11.4 Å². The molecule has 0 amide bonds. The summed E-state index contributed by atoms with van der Waals surface area (Å²) in [6.07, 6.45) is 4.73. The van der Waals surface area contributed by atoms with Crippen LogP contribution in [0.4, 0.5) is 5.69 Å². The third kappa shape index (κ3) is 1.59. The number of aromatic nitrogens is 1. The molecule has 1 saturated carbocycles. The van der Waals surface area contributed by atoms with Gasteiger partial charge in [0.15, 0.2) is 0 Å². The van der Waals surface area contributed by atoms with Crippen LogP contribution >= 0.6 is 0 Å². The largest absolute Gasteiger partial charge is 0.481 e. The van der Waals surface area contributed by atoms with Gasteiger partial charge in [0.25, 0.3) is 0 Å². The molecule has 0 spiro atoms. The molecular weight excluding hydrogens is 228 g/mol. The number of hydrogen-bond donors (Lipinski definition) is 1. The number of fused-ring (bicyclic) bond motifs is 1. The number of carboxylic acids is 1. The van der Waals surface area contributed by atoms with Crippen LogP contribution in [-0.4, -0.2) is 29.1 Å². The molecule has 2 fully saturated rings. The molecule has 1 aliphatic carbocycles. The van der Waals surface area contributed by atoms with Crippen LogP contribution in [0.25, 0.3) is 0 Å². The van der Waals surface area contributed by atoms with E-state index >= 15 is 0 Å². The van der Waals surface area contributed by atoms with Crippen molar-refractivity contribution in [3.05, 3.63) is 24.0 Å². The molecule has 1 saturated heterocycles. The average molecular weight is 246 g/mol. The Bertz CT molecular complexity index is 488. The van der Waals surface area contributed by atoms with Crippen molar-refractivity contribution >= 4 is 11.7 Å². The molecule has 2 atom stereocenters. The normalized spacial score (nSPS) is 30.5. The number of nitrogens with zero attached hydrogens (tertiary/aromatic N) is 2. The highest BCUT2D eigenvalue weighted by Gasteiger charge is 2.54. The van der Waals surface area contributed by atoms with Gasteiger partial charge in [-0.15, -0.1) is 0 Å². The van der Waals surface area contributed by atoms with E-state index in [0.29, 0.717) is 12.5 Å². The van der Waals surface area contributed by atoms with Gasteiger partial charge in [0.1, 0.15) is 0 Å². The Hall–Kier alpha value is -1.58. The number of pyridine rings is 1. The molecule has 1 aromatic rings. The summed E-state index contributed by atoms with van der Waals surface area (Å²) in [4.78, 5) is 18.0. The molecule has 4 nitrogen and oxygen atoms in total. The van der Waals surface area contributed by atoms with Crippen LogP contribution in [0.2, 0.25) is 0 Å². The highest BCUT2D eigenvalue weighted by molar-refractivity contribution is 5.78. The summed E-state index contributed by atoms with van der Waals surface area (Å²) in [5.74, 6) is -0.304. The van der Waals surface area contributed by atoms with Crippen LogP contribution in [0.1, 0.15) is 25.0 Å².